The third-order valence-corrected chi connectivity index (χ3v) is 7.01. The van der Waals surface area contributed by atoms with E-state index in [1.807, 2.05) is 48.5 Å². The molecule has 0 saturated carbocycles. The van der Waals surface area contributed by atoms with Gasteiger partial charge in [0.15, 0.2) is 6.23 Å². The van der Waals surface area contributed by atoms with Gasteiger partial charge in [0, 0.05) is 29.8 Å². The quantitative estimate of drug-likeness (QED) is 0.215. The number of methoxy groups -OCH3 is 1. The molecule has 1 saturated heterocycles. The molecule has 2 aliphatic heterocycles. The predicted molar refractivity (Wildman–Crippen MR) is 145 cm³/mol. The van der Waals surface area contributed by atoms with Crippen molar-refractivity contribution in [3.8, 4) is 5.75 Å². The summed E-state index contributed by atoms with van der Waals surface area (Å²) in [6.45, 7) is 0. The van der Waals surface area contributed by atoms with E-state index in [2.05, 4.69) is 4.90 Å². The predicted octanol–water partition coefficient (Wildman–Crippen LogP) is 6.29. The van der Waals surface area contributed by atoms with Crippen LogP contribution in [0.2, 0.25) is 0 Å². The van der Waals surface area contributed by atoms with Crippen LogP contribution in [0.5, 0.6) is 5.75 Å². The van der Waals surface area contributed by atoms with Crippen LogP contribution in [0.25, 0.3) is 0 Å². The average Bonchev–Trinajstić information content (AvgIpc) is 3.38. The van der Waals surface area contributed by atoms with E-state index < -0.39 is 28.2 Å². The normalized spacial score (nSPS) is 19.6. The van der Waals surface area contributed by atoms with Crippen molar-refractivity contribution in [3.63, 3.8) is 0 Å². The molecule has 0 aliphatic carbocycles. The van der Waals surface area contributed by atoms with Crippen molar-refractivity contribution in [2.24, 2.45) is 4.99 Å². The molecule has 0 unspecified atom stereocenters. The molecule has 6 rings (SSSR count). The van der Waals surface area contributed by atoms with Gasteiger partial charge in [0.05, 0.1) is 40.1 Å². The fourth-order valence-corrected chi connectivity index (χ4v) is 5.15. The van der Waals surface area contributed by atoms with Gasteiger partial charge in [-0.3, -0.25) is 20.2 Å². The Morgan fingerprint density at radius 3 is 1.97 bits per heavy atom. The van der Waals surface area contributed by atoms with Crippen LogP contribution in [0.3, 0.4) is 0 Å². The fourth-order valence-electron chi connectivity index (χ4n) is 5.15. The number of fused-ring (bicyclic) bond motifs is 3. The van der Waals surface area contributed by atoms with Gasteiger partial charge in [0.1, 0.15) is 11.9 Å². The van der Waals surface area contributed by atoms with E-state index >= 15 is 0 Å². The highest BCUT2D eigenvalue weighted by Gasteiger charge is 2.48. The summed E-state index contributed by atoms with van der Waals surface area (Å²) in [5.41, 5.74) is 4.68. The zero-order chi connectivity index (χ0) is 27.1. The number of para-hydroxylation sites is 2. The summed E-state index contributed by atoms with van der Waals surface area (Å²) >= 11 is 0. The summed E-state index contributed by atoms with van der Waals surface area (Å²) in [4.78, 5) is 28.8. The van der Waals surface area contributed by atoms with E-state index in [1.54, 1.807) is 31.4 Å². The Kier molecular flexibility index (Phi) is 6.01. The molecule has 39 heavy (non-hydrogen) atoms. The highest BCUT2D eigenvalue weighted by atomic mass is 16.6. The molecule has 0 radical (unpaired) electrons. The van der Waals surface area contributed by atoms with Crippen LogP contribution in [-0.4, -0.2) is 28.9 Å². The summed E-state index contributed by atoms with van der Waals surface area (Å²) in [6.07, 6.45) is -1.14. The number of aliphatic imine (C=N–C) groups is 1. The van der Waals surface area contributed by atoms with Crippen LogP contribution < -0.4 is 9.64 Å². The standard InChI is InChI=1S/C29H22N4O6/c1-38-23-16-10-18(11-17-23)26-29-31(25-5-3-2-4-24(25)30-26)27(19-6-12-21(13-7-19)32(34)35)28(39-29)20-8-14-22(15-9-20)33(36)37/h2-17,27-29H,1H3/t27-,28-,29-/m1/s1. The van der Waals surface area contributed by atoms with Crippen LogP contribution in [0.1, 0.15) is 28.8 Å². The molecule has 0 spiro atoms. The Labute approximate surface area is 223 Å². The number of benzene rings is 4. The molecule has 3 atom stereocenters. The number of hydrogen-bond donors (Lipinski definition) is 0. The van der Waals surface area contributed by atoms with Crippen molar-refractivity contribution in [3.05, 3.63) is 134 Å². The minimum Gasteiger partial charge on any atom is -0.497 e. The molecule has 0 N–H and O–H groups in total. The lowest BCUT2D eigenvalue weighted by Gasteiger charge is -2.35. The zero-order valence-corrected chi connectivity index (χ0v) is 20.7. The molecule has 0 bridgehead atoms. The van der Waals surface area contributed by atoms with E-state index in [9.17, 15) is 20.2 Å². The van der Waals surface area contributed by atoms with Crippen molar-refractivity contribution in [2.45, 2.75) is 18.4 Å². The second kappa shape index (κ2) is 9.66. The first kappa shape index (κ1) is 24.3. The number of nitrogens with zero attached hydrogens (tertiary/aromatic N) is 4. The van der Waals surface area contributed by atoms with Gasteiger partial charge in [0.25, 0.3) is 11.4 Å². The highest BCUT2D eigenvalue weighted by Crippen LogP contribution is 2.52. The molecule has 10 heteroatoms. The molecule has 0 amide bonds. The summed E-state index contributed by atoms with van der Waals surface area (Å²) in [5.74, 6) is 0.715. The van der Waals surface area contributed by atoms with E-state index in [1.165, 1.54) is 24.3 Å². The van der Waals surface area contributed by atoms with E-state index in [-0.39, 0.29) is 11.4 Å². The van der Waals surface area contributed by atoms with Crippen molar-refractivity contribution in [2.75, 3.05) is 12.0 Å². The highest BCUT2D eigenvalue weighted by molar-refractivity contribution is 6.09. The molecule has 0 aromatic heterocycles. The van der Waals surface area contributed by atoms with Gasteiger partial charge < -0.3 is 14.4 Å². The molecule has 2 heterocycles. The third kappa shape index (κ3) is 4.26. The minimum absolute atomic E-state index is 0.0133. The number of nitro benzene ring substituents is 2. The topological polar surface area (TPSA) is 120 Å². The van der Waals surface area contributed by atoms with Crippen LogP contribution in [0, 0.1) is 20.2 Å². The Morgan fingerprint density at radius 1 is 0.795 bits per heavy atom. The molecule has 194 valence electrons. The number of ether oxygens (including phenoxy) is 2. The van der Waals surface area contributed by atoms with Crippen LogP contribution in [0.4, 0.5) is 22.7 Å². The van der Waals surface area contributed by atoms with Gasteiger partial charge in [0.2, 0.25) is 0 Å². The Morgan fingerprint density at radius 2 is 1.38 bits per heavy atom. The maximum Gasteiger partial charge on any atom is 0.269 e. The Hall–Kier alpha value is -5.09. The first-order valence-corrected chi connectivity index (χ1v) is 12.2. The van der Waals surface area contributed by atoms with Gasteiger partial charge in [-0.25, -0.2) is 4.99 Å². The number of anilines is 1. The SMILES string of the molecule is COc1ccc(C2=Nc3ccccc3N3[C@@H]2O[C@H](c2ccc([N+](=O)[O-])cc2)[C@H]3c2ccc([N+](=O)[O-])cc2)cc1. The minimum atomic E-state index is -0.589. The van der Waals surface area contributed by atoms with Crippen LogP contribution >= 0.6 is 0 Å². The van der Waals surface area contributed by atoms with Crippen molar-refractivity contribution >= 4 is 28.5 Å². The first-order valence-electron chi connectivity index (χ1n) is 12.2. The first-order chi connectivity index (χ1) is 18.9. The smallest absolute Gasteiger partial charge is 0.269 e. The molecule has 1 fully saturated rings. The summed E-state index contributed by atoms with van der Waals surface area (Å²) in [5, 5.41) is 22.6. The molecule has 10 nitrogen and oxygen atoms in total. The van der Waals surface area contributed by atoms with Crippen LogP contribution in [0.15, 0.2) is 102 Å². The number of rotatable bonds is 6. The Balaban J connectivity index is 1.51. The third-order valence-electron chi connectivity index (χ3n) is 7.01. The average molecular weight is 523 g/mol. The van der Waals surface area contributed by atoms with Crippen molar-refractivity contribution in [1.29, 1.82) is 0 Å². The van der Waals surface area contributed by atoms with Crippen LogP contribution in [-0.2, 0) is 4.74 Å². The molecule has 4 aromatic rings. The number of nitro groups is 2. The monoisotopic (exact) mass is 522 g/mol. The van der Waals surface area contributed by atoms with E-state index in [4.69, 9.17) is 14.5 Å². The maximum atomic E-state index is 11.3. The zero-order valence-electron chi connectivity index (χ0n) is 20.7. The second-order valence-electron chi connectivity index (χ2n) is 9.17. The second-order valence-corrected chi connectivity index (χ2v) is 9.17. The molecular formula is C29H22N4O6. The van der Waals surface area contributed by atoms with Gasteiger partial charge in [-0.05, 0) is 59.7 Å². The largest absolute Gasteiger partial charge is 0.497 e. The van der Waals surface area contributed by atoms with Crippen molar-refractivity contribution in [1.82, 2.24) is 0 Å². The van der Waals surface area contributed by atoms with Gasteiger partial charge >= 0.3 is 0 Å². The molecular weight excluding hydrogens is 500 g/mol. The lowest BCUT2D eigenvalue weighted by Crippen LogP contribution is -2.41. The summed E-state index contributed by atoms with van der Waals surface area (Å²) < 4.78 is 12.1. The Bertz CT molecular complexity index is 1590. The number of hydrogen-bond acceptors (Lipinski definition) is 8. The van der Waals surface area contributed by atoms with Gasteiger partial charge in [-0.2, -0.15) is 0 Å². The van der Waals surface area contributed by atoms with E-state index in [0.717, 1.165) is 28.1 Å². The molecule has 4 aromatic carbocycles. The van der Waals surface area contributed by atoms with Gasteiger partial charge in [-0.1, -0.05) is 24.3 Å². The fraction of sp³-hybridized carbons (Fsp3) is 0.138. The van der Waals surface area contributed by atoms with E-state index in [0.29, 0.717) is 11.5 Å². The lowest BCUT2D eigenvalue weighted by molar-refractivity contribution is -0.385. The van der Waals surface area contributed by atoms with Crippen molar-refractivity contribution < 1.29 is 19.3 Å². The summed E-state index contributed by atoms with van der Waals surface area (Å²) in [7, 11) is 1.61. The number of non-ortho nitro benzene ring substituents is 2. The summed E-state index contributed by atoms with van der Waals surface area (Å²) in [6, 6.07) is 27.6. The lowest BCUT2D eigenvalue weighted by atomic mass is 9.93. The molecule has 2 aliphatic rings. The van der Waals surface area contributed by atoms with Gasteiger partial charge in [-0.15, -0.1) is 0 Å². The maximum absolute atomic E-state index is 11.3.